The monoisotopic (exact) mass is 223 g/mol. The molecule has 2 heteroatoms. The molecule has 0 aliphatic heterocycles. The van der Waals surface area contributed by atoms with Crippen LogP contribution in [0.25, 0.3) is 0 Å². The lowest BCUT2D eigenvalue weighted by Crippen LogP contribution is -2.29. The van der Waals surface area contributed by atoms with Gasteiger partial charge in [0.25, 0.3) is 0 Å². The van der Waals surface area contributed by atoms with Crippen LogP contribution in [-0.2, 0) is 6.54 Å². The zero-order valence-corrected chi connectivity index (χ0v) is 9.93. The molecule has 0 heterocycles. The first kappa shape index (κ1) is 11.0. The Labute approximate surface area is 96.8 Å². The molecule has 2 rings (SSSR count). The zero-order valence-electron chi connectivity index (χ0n) is 9.17. The predicted octanol–water partition coefficient (Wildman–Crippen LogP) is 3.62. The molecule has 82 valence electrons. The number of hydrogen-bond acceptors (Lipinski definition) is 1. The average molecular weight is 224 g/mol. The van der Waals surface area contributed by atoms with Crippen molar-refractivity contribution in [3.05, 3.63) is 34.9 Å². The van der Waals surface area contributed by atoms with E-state index in [1.165, 1.54) is 24.8 Å². The molecule has 1 N–H and O–H groups in total. The maximum absolute atomic E-state index is 6.11. The van der Waals surface area contributed by atoms with Gasteiger partial charge in [-0.05, 0) is 36.8 Å². The Morgan fingerprint density at radius 1 is 1.40 bits per heavy atom. The molecule has 15 heavy (non-hydrogen) atoms. The highest BCUT2D eigenvalue weighted by Gasteiger charge is 2.29. The van der Waals surface area contributed by atoms with Gasteiger partial charge in [0.15, 0.2) is 0 Å². The molecule has 1 aliphatic carbocycles. The summed E-state index contributed by atoms with van der Waals surface area (Å²) in [5.41, 5.74) is 1.21. The summed E-state index contributed by atoms with van der Waals surface area (Å²) in [4.78, 5) is 0. The van der Waals surface area contributed by atoms with Crippen molar-refractivity contribution in [2.45, 2.75) is 38.8 Å². The van der Waals surface area contributed by atoms with Crippen molar-refractivity contribution < 1.29 is 0 Å². The van der Waals surface area contributed by atoms with Crippen molar-refractivity contribution in [2.75, 3.05) is 0 Å². The minimum atomic E-state index is 0.682. The Kier molecular flexibility index (Phi) is 3.66. The molecule has 1 fully saturated rings. The Bertz CT molecular complexity index is 320. The minimum absolute atomic E-state index is 0.682. The first-order chi connectivity index (χ1) is 7.31. The van der Waals surface area contributed by atoms with Crippen LogP contribution in [0.15, 0.2) is 24.3 Å². The van der Waals surface area contributed by atoms with Gasteiger partial charge in [-0.25, -0.2) is 0 Å². The van der Waals surface area contributed by atoms with E-state index >= 15 is 0 Å². The fraction of sp³-hybridized carbons (Fsp3) is 0.538. The van der Waals surface area contributed by atoms with Crippen LogP contribution >= 0.6 is 11.6 Å². The van der Waals surface area contributed by atoms with E-state index in [0.717, 1.165) is 17.5 Å². The average Bonchev–Trinajstić information content (AvgIpc) is 3.06. The van der Waals surface area contributed by atoms with Crippen molar-refractivity contribution in [1.82, 2.24) is 5.32 Å². The number of benzene rings is 1. The number of halogens is 1. The van der Waals surface area contributed by atoms with Gasteiger partial charge >= 0.3 is 0 Å². The van der Waals surface area contributed by atoms with Gasteiger partial charge in [0.1, 0.15) is 0 Å². The normalized spacial score (nSPS) is 17.7. The maximum atomic E-state index is 6.11. The van der Waals surface area contributed by atoms with E-state index in [-0.39, 0.29) is 0 Å². The van der Waals surface area contributed by atoms with Gasteiger partial charge in [0.05, 0.1) is 0 Å². The van der Waals surface area contributed by atoms with Gasteiger partial charge in [-0.1, -0.05) is 36.7 Å². The van der Waals surface area contributed by atoms with Crippen LogP contribution in [0.5, 0.6) is 0 Å². The molecule has 0 bridgehead atoms. The second-order valence-corrected chi connectivity index (χ2v) is 4.73. The lowest BCUT2D eigenvalue weighted by atomic mass is 10.1. The molecule has 1 aromatic rings. The van der Waals surface area contributed by atoms with Gasteiger partial charge in [-0.2, -0.15) is 0 Å². The molecule has 1 aromatic carbocycles. The lowest BCUT2D eigenvalue weighted by molar-refractivity contribution is 0.449. The van der Waals surface area contributed by atoms with Crippen molar-refractivity contribution in [3.8, 4) is 0 Å². The van der Waals surface area contributed by atoms with Crippen LogP contribution in [0.1, 0.15) is 31.7 Å². The third kappa shape index (κ3) is 2.96. The first-order valence-corrected chi connectivity index (χ1v) is 6.16. The Morgan fingerprint density at radius 2 is 2.13 bits per heavy atom. The number of rotatable bonds is 5. The third-order valence-corrected chi connectivity index (χ3v) is 3.51. The summed E-state index contributed by atoms with van der Waals surface area (Å²) in [5.74, 6) is 0.914. The van der Waals surface area contributed by atoms with E-state index in [9.17, 15) is 0 Å². The van der Waals surface area contributed by atoms with Crippen LogP contribution in [0.3, 0.4) is 0 Å². The van der Waals surface area contributed by atoms with Gasteiger partial charge in [0.2, 0.25) is 0 Å². The van der Waals surface area contributed by atoms with Gasteiger partial charge in [-0.15, -0.1) is 0 Å². The maximum Gasteiger partial charge on any atom is 0.0450 e. The molecule has 0 spiro atoms. The summed E-state index contributed by atoms with van der Waals surface area (Å²) in [6, 6.07) is 8.75. The summed E-state index contributed by atoms with van der Waals surface area (Å²) in [6.45, 7) is 3.15. The van der Waals surface area contributed by atoms with Crippen LogP contribution in [0, 0.1) is 5.92 Å². The van der Waals surface area contributed by atoms with E-state index < -0.39 is 0 Å². The third-order valence-electron chi connectivity index (χ3n) is 3.14. The van der Waals surface area contributed by atoms with E-state index in [2.05, 4.69) is 18.3 Å². The highest BCUT2D eigenvalue weighted by atomic mass is 35.5. The Balaban J connectivity index is 1.89. The zero-order chi connectivity index (χ0) is 10.7. The molecule has 0 amide bonds. The molecule has 1 nitrogen and oxygen atoms in total. The van der Waals surface area contributed by atoms with Gasteiger partial charge < -0.3 is 5.32 Å². The van der Waals surface area contributed by atoms with Gasteiger partial charge in [0, 0.05) is 17.6 Å². The second kappa shape index (κ2) is 5.00. The summed E-state index contributed by atoms with van der Waals surface area (Å²) in [5, 5.41) is 4.48. The number of nitrogens with one attached hydrogen (secondary N) is 1. The fourth-order valence-corrected chi connectivity index (χ4v) is 2.23. The molecule has 1 unspecified atom stereocenters. The molecule has 0 aromatic heterocycles. The minimum Gasteiger partial charge on any atom is -0.310 e. The Hall–Kier alpha value is -0.530. The lowest BCUT2D eigenvalue weighted by Gasteiger charge is -2.16. The fourth-order valence-electron chi connectivity index (χ4n) is 2.03. The predicted molar refractivity (Wildman–Crippen MR) is 65.1 cm³/mol. The standard InChI is InChI=1S/C13H18ClN/c1-2-13(10-7-8-10)15-9-11-5-3-4-6-12(11)14/h3-6,10,13,15H,2,7-9H2,1H3. The summed E-state index contributed by atoms with van der Waals surface area (Å²) < 4.78 is 0. The summed E-state index contributed by atoms with van der Waals surface area (Å²) >= 11 is 6.11. The molecular formula is C13H18ClN. The van der Waals surface area contributed by atoms with Crippen LogP contribution < -0.4 is 5.32 Å². The second-order valence-electron chi connectivity index (χ2n) is 4.32. The largest absolute Gasteiger partial charge is 0.310 e. The summed E-state index contributed by atoms with van der Waals surface area (Å²) in [6.07, 6.45) is 4.01. The van der Waals surface area contributed by atoms with Gasteiger partial charge in [-0.3, -0.25) is 0 Å². The van der Waals surface area contributed by atoms with Crippen LogP contribution in [0.4, 0.5) is 0 Å². The molecule has 1 aliphatic rings. The molecule has 0 saturated heterocycles. The van der Waals surface area contributed by atoms with Crippen molar-refractivity contribution in [2.24, 2.45) is 5.92 Å². The quantitative estimate of drug-likeness (QED) is 0.804. The molecule has 1 atom stereocenters. The highest BCUT2D eigenvalue weighted by molar-refractivity contribution is 6.31. The van der Waals surface area contributed by atoms with E-state index in [1.54, 1.807) is 0 Å². The van der Waals surface area contributed by atoms with Crippen LogP contribution in [-0.4, -0.2) is 6.04 Å². The smallest absolute Gasteiger partial charge is 0.0450 e. The molecule has 0 radical (unpaired) electrons. The molecular weight excluding hydrogens is 206 g/mol. The Morgan fingerprint density at radius 3 is 2.73 bits per heavy atom. The van der Waals surface area contributed by atoms with E-state index in [0.29, 0.717) is 6.04 Å². The molecule has 1 saturated carbocycles. The SMILES string of the molecule is CCC(NCc1ccccc1Cl)C1CC1. The van der Waals surface area contributed by atoms with Crippen molar-refractivity contribution in [1.29, 1.82) is 0 Å². The first-order valence-electron chi connectivity index (χ1n) is 5.78. The van der Waals surface area contributed by atoms with Crippen molar-refractivity contribution >= 4 is 11.6 Å². The van der Waals surface area contributed by atoms with Crippen molar-refractivity contribution in [3.63, 3.8) is 0 Å². The highest BCUT2D eigenvalue weighted by Crippen LogP contribution is 2.34. The number of hydrogen-bond donors (Lipinski definition) is 1. The van der Waals surface area contributed by atoms with E-state index in [4.69, 9.17) is 11.6 Å². The van der Waals surface area contributed by atoms with Crippen LogP contribution in [0.2, 0.25) is 5.02 Å². The topological polar surface area (TPSA) is 12.0 Å². The van der Waals surface area contributed by atoms with E-state index in [1.807, 2.05) is 18.2 Å². The summed E-state index contributed by atoms with van der Waals surface area (Å²) in [7, 11) is 0.